The lowest BCUT2D eigenvalue weighted by Crippen LogP contribution is -2.32. The van der Waals surface area contributed by atoms with Crippen LogP contribution in [0.2, 0.25) is 0 Å². The van der Waals surface area contributed by atoms with E-state index in [1.165, 1.54) is 16.6 Å². The van der Waals surface area contributed by atoms with Crippen molar-refractivity contribution >= 4 is 10.9 Å². The average molecular weight is 245 g/mol. The molecular weight excluding hydrogens is 222 g/mol. The molecule has 18 heavy (non-hydrogen) atoms. The zero-order valence-electron chi connectivity index (χ0n) is 11.5. The van der Waals surface area contributed by atoms with E-state index in [0.717, 1.165) is 18.4 Å². The van der Waals surface area contributed by atoms with E-state index in [0.29, 0.717) is 0 Å². The van der Waals surface area contributed by atoms with Crippen molar-refractivity contribution in [3.8, 4) is 0 Å². The third-order valence-corrected chi connectivity index (χ3v) is 3.41. The van der Waals surface area contributed by atoms with Crippen molar-refractivity contribution in [3.05, 3.63) is 35.5 Å². The van der Waals surface area contributed by atoms with E-state index in [9.17, 15) is 0 Å². The molecule has 0 bridgehead atoms. The minimum atomic E-state index is -0.155. The van der Waals surface area contributed by atoms with Crippen LogP contribution in [0.15, 0.2) is 24.3 Å². The average Bonchev–Trinajstić information content (AvgIpc) is 2.61. The molecule has 1 unspecified atom stereocenters. The molecule has 0 spiro atoms. The van der Waals surface area contributed by atoms with E-state index in [-0.39, 0.29) is 11.6 Å². The van der Waals surface area contributed by atoms with Gasteiger partial charge in [-0.1, -0.05) is 18.2 Å². The van der Waals surface area contributed by atoms with Crippen LogP contribution in [0, 0.1) is 6.92 Å². The van der Waals surface area contributed by atoms with Crippen molar-refractivity contribution in [2.75, 3.05) is 0 Å². The summed E-state index contributed by atoms with van der Waals surface area (Å²) >= 11 is 0. The van der Waals surface area contributed by atoms with Crippen LogP contribution >= 0.6 is 0 Å². The van der Waals surface area contributed by atoms with Gasteiger partial charge in [-0.05, 0) is 45.2 Å². The van der Waals surface area contributed by atoms with E-state index < -0.39 is 0 Å². The van der Waals surface area contributed by atoms with Crippen LogP contribution in [0.25, 0.3) is 10.9 Å². The monoisotopic (exact) mass is 245 g/mol. The molecule has 2 aromatic rings. The fraction of sp³-hybridized carbons (Fsp3) is 0.467. The lowest BCUT2D eigenvalue weighted by atomic mass is 9.93. The van der Waals surface area contributed by atoms with Gasteiger partial charge in [0, 0.05) is 28.2 Å². The van der Waals surface area contributed by atoms with E-state index >= 15 is 0 Å². The Labute approximate surface area is 109 Å². The van der Waals surface area contributed by atoms with Crippen LogP contribution in [0.1, 0.15) is 44.0 Å². The number of nitrogens with two attached hydrogens (primary N) is 2. The normalized spacial score (nSPS) is 14.1. The maximum absolute atomic E-state index is 6.34. The number of nitrogens with one attached hydrogen (secondary N) is 1. The second kappa shape index (κ2) is 4.75. The van der Waals surface area contributed by atoms with Gasteiger partial charge >= 0.3 is 0 Å². The molecule has 3 heteroatoms. The molecule has 1 aromatic carbocycles. The summed E-state index contributed by atoms with van der Waals surface area (Å²) in [5, 5.41) is 1.23. The zero-order chi connectivity index (χ0) is 13.3. The molecule has 1 aromatic heterocycles. The molecule has 2 rings (SSSR count). The zero-order valence-corrected chi connectivity index (χ0v) is 11.5. The molecule has 0 fully saturated rings. The number of aryl methyl sites for hydroxylation is 1. The highest BCUT2D eigenvalue weighted by Crippen LogP contribution is 2.29. The van der Waals surface area contributed by atoms with E-state index in [2.05, 4.69) is 30.1 Å². The van der Waals surface area contributed by atoms with Crippen LogP contribution in [0.4, 0.5) is 0 Å². The maximum atomic E-state index is 6.34. The second-order valence-corrected chi connectivity index (χ2v) is 5.84. The lowest BCUT2D eigenvalue weighted by Gasteiger charge is -2.21. The minimum Gasteiger partial charge on any atom is -0.358 e. The van der Waals surface area contributed by atoms with Gasteiger partial charge in [0.05, 0.1) is 0 Å². The van der Waals surface area contributed by atoms with Crippen LogP contribution in [0.5, 0.6) is 0 Å². The first-order chi connectivity index (χ1) is 8.38. The van der Waals surface area contributed by atoms with Crippen LogP contribution in [-0.2, 0) is 0 Å². The highest BCUT2D eigenvalue weighted by Gasteiger charge is 2.18. The summed E-state index contributed by atoms with van der Waals surface area (Å²) in [6.45, 7) is 6.17. The summed E-state index contributed by atoms with van der Waals surface area (Å²) < 4.78 is 0. The number of H-pyrrole nitrogens is 1. The smallest absolute Gasteiger partial charge is 0.0459 e. The Kier molecular flexibility index (Phi) is 3.46. The number of aromatic nitrogens is 1. The molecule has 0 saturated heterocycles. The van der Waals surface area contributed by atoms with E-state index in [1.54, 1.807) is 0 Å². The minimum absolute atomic E-state index is 0.0453. The highest BCUT2D eigenvalue weighted by atomic mass is 14.8. The summed E-state index contributed by atoms with van der Waals surface area (Å²) in [7, 11) is 0. The number of hydrogen-bond acceptors (Lipinski definition) is 2. The third-order valence-electron chi connectivity index (χ3n) is 3.41. The Balaban J connectivity index is 2.27. The molecule has 1 heterocycles. The Morgan fingerprint density at radius 2 is 1.94 bits per heavy atom. The summed E-state index contributed by atoms with van der Waals surface area (Å²) in [4.78, 5) is 3.39. The number of hydrogen-bond donors (Lipinski definition) is 3. The molecular formula is C15H23N3. The molecule has 0 radical (unpaired) electrons. The first-order valence-corrected chi connectivity index (χ1v) is 6.50. The van der Waals surface area contributed by atoms with Crippen LogP contribution in [0.3, 0.4) is 0 Å². The quantitative estimate of drug-likeness (QED) is 0.775. The summed E-state index contributed by atoms with van der Waals surface area (Å²) in [5.41, 5.74) is 15.8. The molecule has 3 nitrogen and oxygen atoms in total. The van der Waals surface area contributed by atoms with Gasteiger partial charge in [0.25, 0.3) is 0 Å². The van der Waals surface area contributed by atoms with Crippen molar-refractivity contribution in [2.45, 2.75) is 45.2 Å². The fourth-order valence-corrected chi connectivity index (χ4v) is 2.45. The Hall–Kier alpha value is -1.32. The van der Waals surface area contributed by atoms with Gasteiger partial charge in [-0.15, -0.1) is 0 Å². The summed E-state index contributed by atoms with van der Waals surface area (Å²) in [6, 6.07) is 8.35. The topological polar surface area (TPSA) is 67.8 Å². The number of rotatable bonds is 4. The third kappa shape index (κ3) is 2.74. The molecule has 0 amide bonds. The fourth-order valence-electron chi connectivity index (χ4n) is 2.45. The summed E-state index contributed by atoms with van der Waals surface area (Å²) in [6.07, 6.45) is 1.83. The van der Waals surface area contributed by atoms with Gasteiger partial charge in [-0.25, -0.2) is 0 Å². The van der Waals surface area contributed by atoms with Gasteiger partial charge in [-0.3, -0.25) is 0 Å². The van der Waals surface area contributed by atoms with Crippen molar-refractivity contribution in [1.82, 2.24) is 4.98 Å². The number of benzene rings is 1. The Morgan fingerprint density at radius 3 is 2.61 bits per heavy atom. The van der Waals surface area contributed by atoms with Gasteiger partial charge < -0.3 is 16.5 Å². The van der Waals surface area contributed by atoms with Crippen molar-refractivity contribution in [3.63, 3.8) is 0 Å². The molecule has 5 N–H and O–H groups in total. The lowest BCUT2D eigenvalue weighted by molar-refractivity contribution is 0.433. The van der Waals surface area contributed by atoms with Gasteiger partial charge in [0.15, 0.2) is 0 Å². The standard InChI is InChI=1S/C15H23N3/c1-10-14(12(16)8-9-15(2,3)17)11-6-4-5-7-13(11)18-10/h4-7,12,18H,8-9,16-17H2,1-3H3. The predicted molar refractivity (Wildman–Crippen MR) is 77.5 cm³/mol. The van der Waals surface area contributed by atoms with Gasteiger partial charge in [-0.2, -0.15) is 0 Å². The van der Waals surface area contributed by atoms with E-state index in [1.807, 2.05) is 19.9 Å². The molecule has 98 valence electrons. The SMILES string of the molecule is Cc1[nH]c2ccccc2c1C(N)CCC(C)(C)N. The number of fused-ring (bicyclic) bond motifs is 1. The molecule has 0 aliphatic rings. The Bertz CT molecular complexity index is 534. The second-order valence-electron chi connectivity index (χ2n) is 5.84. The largest absolute Gasteiger partial charge is 0.358 e. The van der Waals surface area contributed by atoms with Crippen molar-refractivity contribution in [2.24, 2.45) is 11.5 Å². The van der Waals surface area contributed by atoms with E-state index in [4.69, 9.17) is 11.5 Å². The van der Waals surface area contributed by atoms with Crippen LogP contribution < -0.4 is 11.5 Å². The predicted octanol–water partition coefficient (Wildman–Crippen LogP) is 2.99. The van der Waals surface area contributed by atoms with Gasteiger partial charge in [0.1, 0.15) is 0 Å². The molecule has 0 saturated carbocycles. The summed E-state index contributed by atoms with van der Waals surface area (Å²) in [5.74, 6) is 0. The first-order valence-electron chi connectivity index (χ1n) is 6.50. The maximum Gasteiger partial charge on any atom is 0.0459 e. The highest BCUT2D eigenvalue weighted by molar-refractivity contribution is 5.85. The number of para-hydroxylation sites is 1. The Morgan fingerprint density at radius 1 is 1.28 bits per heavy atom. The van der Waals surface area contributed by atoms with Crippen LogP contribution in [-0.4, -0.2) is 10.5 Å². The molecule has 0 aliphatic heterocycles. The molecule has 0 aliphatic carbocycles. The van der Waals surface area contributed by atoms with Crippen molar-refractivity contribution in [1.29, 1.82) is 0 Å². The number of aromatic amines is 1. The van der Waals surface area contributed by atoms with Crippen molar-refractivity contribution < 1.29 is 0 Å². The molecule has 1 atom stereocenters. The first kappa shape index (κ1) is 13.1. The van der Waals surface area contributed by atoms with Gasteiger partial charge in [0.2, 0.25) is 0 Å².